The van der Waals surface area contributed by atoms with Gasteiger partial charge in [0, 0.05) is 31.1 Å². The van der Waals surface area contributed by atoms with Crippen molar-refractivity contribution in [2.75, 3.05) is 13.1 Å². The maximum atomic E-state index is 13.0. The van der Waals surface area contributed by atoms with Crippen molar-refractivity contribution in [2.45, 2.75) is 19.8 Å². The van der Waals surface area contributed by atoms with E-state index in [1.54, 1.807) is 6.08 Å². The minimum Gasteiger partial charge on any atom is -0.339 e. The van der Waals surface area contributed by atoms with Crippen molar-refractivity contribution in [3.05, 3.63) is 114 Å². The fraction of sp³-hybridized carbons (Fsp3) is 0.179. The second-order valence-corrected chi connectivity index (χ2v) is 7.93. The van der Waals surface area contributed by atoms with E-state index < -0.39 is 0 Å². The maximum Gasteiger partial charge on any atom is 0.246 e. The van der Waals surface area contributed by atoms with Crippen molar-refractivity contribution in [2.24, 2.45) is 0 Å². The molecule has 0 unspecified atom stereocenters. The molecule has 1 heterocycles. The van der Waals surface area contributed by atoms with Gasteiger partial charge in [0.05, 0.1) is 0 Å². The number of amides is 1. The van der Waals surface area contributed by atoms with Gasteiger partial charge in [-0.2, -0.15) is 4.98 Å². The molecule has 0 saturated carbocycles. The summed E-state index contributed by atoms with van der Waals surface area (Å²) in [5.41, 5.74) is 4.28. The molecule has 1 aromatic heterocycles. The van der Waals surface area contributed by atoms with Crippen LogP contribution in [0, 0.1) is 6.92 Å². The summed E-state index contributed by atoms with van der Waals surface area (Å²) in [7, 11) is 0. The van der Waals surface area contributed by atoms with Gasteiger partial charge in [0.2, 0.25) is 17.6 Å². The first-order valence-corrected chi connectivity index (χ1v) is 11.1. The van der Waals surface area contributed by atoms with Crippen LogP contribution < -0.4 is 0 Å². The van der Waals surface area contributed by atoms with Crippen LogP contribution in [0.25, 0.3) is 17.5 Å². The smallest absolute Gasteiger partial charge is 0.246 e. The molecule has 0 fully saturated rings. The summed E-state index contributed by atoms with van der Waals surface area (Å²) in [4.78, 5) is 19.3. The Morgan fingerprint density at radius 3 is 2.27 bits per heavy atom. The largest absolute Gasteiger partial charge is 0.339 e. The van der Waals surface area contributed by atoms with E-state index in [2.05, 4.69) is 22.3 Å². The van der Waals surface area contributed by atoms with Gasteiger partial charge in [-0.3, -0.25) is 4.79 Å². The topological polar surface area (TPSA) is 59.2 Å². The van der Waals surface area contributed by atoms with Gasteiger partial charge in [-0.15, -0.1) is 0 Å². The minimum atomic E-state index is -0.0342. The van der Waals surface area contributed by atoms with Crippen molar-refractivity contribution in [3.63, 3.8) is 0 Å². The molecule has 33 heavy (non-hydrogen) atoms. The summed E-state index contributed by atoms with van der Waals surface area (Å²) in [6, 6.07) is 28.0. The predicted octanol–water partition coefficient (Wildman–Crippen LogP) is 5.37. The lowest BCUT2D eigenvalue weighted by Crippen LogP contribution is -2.33. The lowest BCUT2D eigenvalue weighted by atomic mass is 10.1. The van der Waals surface area contributed by atoms with Crippen LogP contribution in [-0.2, 0) is 17.6 Å². The Bertz CT molecular complexity index is 1180. The van der Waals surface area contributed by atoms with Crippen LogP contribution in [-0.4, -0.2) is 34.0 Å². The highest BCUT2D eigenvalue weighted by Crippen LogP contribution is 2.17. The fourth-order valence-corrected chi connectivity index (χ4v) is 3.48. The van der Waals surface area contributed by atoms with E-state index in [1.807, 2.05) is 90.7 Å². The molecule has 0 spiro atoms. The third-order valence-electron chi connectivity index (χ3n) is 5.42. The van der Waals surface area contributed by atoms with E-state index in [-0.39, 0.29) is 5.91 Å². The van der Waals surface area contributed by atoms with Crippen LogP contribution in [0.15, 0.2) is 95.5 Å². The molecule has 0 saturated heterocycles. The van der Waals surface area contributed by atoms with Gasteiger partial charge < -0.3 is 9.42 Å². The highest BCUT2D eigenvalue weighted by atomic mass is 16.5. The van der Waals surface area contributed by atoms with Crippen LogP contribution in [0.4, 0.5) is 0 Å². The predicted molar refractivity (Wildman–Crippen MR) is 130 cm³/mol. The number of aromatic nitrogens is 2. The molecule has 0 aliphatic carbocycles. The normalized spacial score (nSPS) is 11.1. The summed E-state index contributed by atoms with van der Waals surface area (Å²) < 4.78 is 5.45. The first-order valence-electron chi connectivity index (χ1n) is 11.1. The Morgan fingerprint density at radius 2 is 1.55 bits per heavy atom. The van der Waals surface area contributed by atoms with Crippen LogP contribution in [0.1, 0.15) is 22.6 Å². The molecule has 5 heteroatoms. The average molecular weight is 438 g/mol. The Morgan fingerprint density at radius 1 is 0.879 bits per heavy atom. The number of aryl methyl sites for hydroxylation is 1. The number of nitrogens with zero attached hydrogens (tertiary/aromatic N) is 3. The highest BCUT2D eigenvalue weighted by molar-refractivity contribution is 5.91. The first kappa shape index (κ1) is 22.2. The van der Waals surface area contributed by atoms with Crippen molar-refractivity contribution in [1.82, 2.24) is 15.0 Å². The van der Waals surface area contributed by atoms with E-state index in [9.17, 15) is 4.79 Å². The third-order valence-corrected chi connectivity index (χ3v) is 5.42. The zero-order chi connectivity index (χ0) is 22.9. The summed E-state index contributed by atoms with van der Waals surface area (Å²) in [6.45, 7) is 3.15. The molecule has 0 bridgehead atoms. The van der Waals surface area contributed by atoms with Gasteiger partial charge in [-0.25, -0.2) is 0 Å². The lowest BCUT2D eigenvalue weighted by Gasteiger charge is -2.20. The van der Waals surface area contributed by atoms with Gasteiger partial charge in [0.25, 0.3) is 0 Å². The summed E-state index contributed by atoms with van der Waals surface area (Å²) in [6.07, 6.45) is 4.76. The SMILES string of the molecule is Cc1ccc(-c2noc(CCN(CCc3ccccc3)C(=O)/C=C/c3ccccc3)n2)cc1. The summed E-state index contributed by atoms with van der Waals surface area (Å²) >= 11 is 0. The van der Waals surface area contributed by atoms with Gasteiger partial charge in [-0.1, -0.05) is 95.6 Å². The zero-order valence-corrected chi connectivity index (χ0v) is 18.7. The molecule has 166 valence electrons. The molecular weight excluding hydrogens is 410 g/mol. The molecule has 0 radical (unpaired) electrons. The third kappa shape index (κ3) is 6.50. The molecule has 0 aliphatic rings. The second-order valence-electron chi connectivity index (χ2n) is 7.93. The molecule has 3 aromatic carbocycles. The summed E-state index contributed by atoms with van der Waals surface area (Å²) in [5.74, 6) is 1.05. The number of benzene rings is 3. The van der Waals surface area contributed by atoms with E-state index in [4.69, 9.17) is 4.52 Å². The Kier molecular flexibility index (Phi) is 7.44. The van der Waals surface area contributed by atoms with Crippen LogP contribution >= 0.6 is 0 Å². The van der Waals surface area contributed by atoms with E-state index in [1.165, 1.54) is 11.1 Å². The molecule has 4 rings (SSSR count). The quantitative estimate of drug-likeness (QED) is 0.330. The Labute approximate surface area is 194 Å². The van der Waals surface area contributed by atoms with Crippen LogP contribution in [0.5, 0.6) is 0 Å². The fourth-order valence-electron chi connectivity index (χ4n) is 3.48. The van der Waals surface area contributed by atoms with Gasteiger partial charge in [-0.05, 0) is 30.5 Å². The molecule has 0 aliphatic heterocycles. The van der Waals surface area contributed by atoms with Gasteiger partial charge >= 0.3 is 0 Å². The molecule has 0 atom stereocenters. The lowest BCUT2D eigenvalue weighted by molar-refractivity contribution is -0.126. The number of hydrogen-bond donors (Lipinski definition) is 0. The zero-order valence-electron chi connectivity index (χ0n) is 18.7. The Balaban J connectivity index is 1.43. The molecule has 1 amide bonds. The van der Waals surface area contributed by atoms with Gasteiger partial charge in [0.1, 0.15) is 0 Å². The van der Waals surface area contributed by atoms with Crippen molar-refractivity contribution in [3.8, 4) is 11.4 Å². The molecule has 4 aromatic rings. The van der Waals surface area contributed by atoms with Crippen molar-refractivity contribution < 1.29 is 9.32 Å². The van der Waals surface area contributed by atoms with Crippen LogP contribution in [0.2, 0.25) is 0 Å². The molecule has 5 nitrogen and oxygen atoms in total. The first-order chi connectivity index (χ1) is 16.2. The van der Waals surface area contributed by atoms with Gasteiger partial charge in [0.15, 0.2) is 0 Å². The molecular formula is C28H27N3O2. The maximum absolute atomic E-state index is 13.0. The van der Waals surface area contributed by atoms with E-state index in [0.717, 1.165) is 17.5 Å². The minimum absolute atomic E-state index is 0.0342. The van der Waals surface area contributed by atoms with E-state index >= 15 is 0 Å². The number of carbonyl (C=O) groups is 1. The highest BCUT2D eigenvalue weighted by Gasteiger charge is 2.14. The van der Waals surface area contributed by atoms with Crippen LogP contribution in [0.3, 0.4) is 0 Å². The monoisotopic (exact) mass is 437 g/mol. The second kappa shape index (κ2) is 11.0. The number of rotatable bonds is 9. The van der Waals surface area contributed by atoms with E-state index in [0.29, 0.717) is 31.2 Å². The Hall–Kier alpha value is -3.99. The van der Waals surface area contributed by atoms with Crippen molar-refractivity contribution in [1.29, 1.82) is 0 Å². The standard InChI is InChI=1S/C28H27N3O2/c1-22-12-15-25(16-13-22)28-29-26(33-30-28)19-21-31(20-18-24-10-6-3-7-11-24)27(32)17-14-23-8-4-2-5-9-23/h2-17H,18-21H2,1H3/b17-14+. The number of carbonyl (C=O) groups excluding carboxylic acids is 1. The molecule has 0 N–H and O–H groups in total. The van der Waals surface area contributed by atoms with Crippen molar-refractivity contribution >= 4 is 12.0 Å². The number of hydrogen-bond acceptors (Lipinski definition) is 4. The summed E-state index contributed by atoms with van der Waals surface area (Å²) in [5, 5.41) is 4.10. The average Bonchev–Trinajstić information content (AvgIpc) is 3.33.